The van der Waals surface area contributed by atoms with E-state index in [2.05, 4.69) is 43.9 Å². The zero-order valence-corrected chi connectivity index (χ0v) is 16.7. The molecule has 2 nitrogen and oxygen atoms in total. The van der Waals surface area contributed by atoms with E-state index in [-0.39, 0.29) is 12.4 Å². The van der Waals surface area contributed by atoms with Crippen molar-refractivity contribution in [2.24, 2.45) is 0 Å². The van der Waals surface area contributed by atoms with Crippen molar-refractivity contribution < 1.29 is 0 Å². The molecule has 1 aromatic heterocycles. The second-order valence-electron chi connectivity index (χ2n) is 6.69. The number of hydrogen-bond acceptors (Lipinski definition) is 3. The van der Waals surface area contributed by atoms with Gasteiger partial charge in [-0.15, -0.1) is 24.2 Å². The minimum absolute atomic E-state index is 0. The molecule has 0 N–H and O–H groups in total. The van der Waals surface area contributed by atoms with Crippen LogP contribution >= 0.6 is 24.2 Å². The van der Waals surface area contributed by atoms with Crippen LogP contribution in [0.25, 0.3) is 10.9 Å². The second kappa shape index (κ2) is 9.07. The highest BCUT2D eigenvalue weighted by Gasteiger charge is 2.11. The molecular weight excluding hydrogens is 336 g/mol. The molecule has 4 heteroatoms. The van der Waals surface area contributed by atoms with Gasteiger partial charge >= 0.3 is 0 Å². The lowest BCUT2D eigenvalue weighted by Crippen LogP contribution is -2.31. The summed E-state index contributed by atoms with van der Waals surface area (Å²) in [5.41, 5.74) is 5.22. The van der Waals surface area contributed by atoms with Gasteiger partial charge in [0.2, 0.25) is 0 Å². The molecule has 1 aromatic carbocycles. The van der Waals surface area contributed by atoms with Crippen LogP contribution in [0.1, 0.15) is 42.9 Å². The molecule has 1 fully saturated rings. The van der Waals surface area contributed by atoms with Crippen LogP contribution < -0.4 is 0 Å². The van der Waals surface area contributed by atoms with E-state index in [1.807, 2.05) is 11.8 Å². The maximum Gasteiger partial charge on any atom is 0.0999 e. The van der Waals surface area contributed by atoms with E-state index in [0.717, 1.165) is 17.7 Å². The van der Waals surface area contributed by atoms with Crippen molar-refractivity contribution in [1.82, 2.24) is 9.88 Å². The Bertz CT molecular complexity index is 681. The van der Waals surface area contributed by atoms with Gasteiger partial charge in [0.25, 0.3) is 0 Å². The molecule has 0 aliphatic carbocycles. The van der Waals surface area contributed by atoms with E-state index < -0.39 is 0 Å². The van der Waals surface area contributed by atoms with Crippen molar-refractivity contribution in [1.29, 1.82) is 0 Å². The number of likely N-dealkylation sites (tertiary alicyclic amines) is 1. The monoisotopic (exact) mass is 364 g/mol. The molecule has 0 bridgehead atoms. The third-order valence-corrected chi connectivity index (χ3v) is 5.96. The molecule has 24 heavy (non-hydrogen) atoms. The van der Waals surface area contributed by atoms with Crippen LogP contribution in [0.4, 0.5) is 0 Å². The Morgan fingerprint density at radius 3 is 2.46 bits per heavy atom. The minimum Gasteiger partial charge on any atom is -0.303 e. The molecule has 0 atom stereocenters. The minimum atomic E-state index is 0. The van der Waals surface area contributed by atoms with E-state index in [9.17, 15) is 0 Å². The average Bonchev–Trinajstić information content (AvgIpc) is 2.56. The molecule has 0 radical (unpaired) electrons. The first-order chi connectivity index (χ1) is 11.2. The van der Waals surface area contributed by atoms with Crippen LogP contribution in [-0.2, 0) is 6.42 Å². The Kier molecular flexibility index (Phi) is 7.39. The van der Waals surface area contributed by atoms with E-state index >= 15 is 0 Å². The Hall–Kier alpha value is -0.770. The van der Waals surface area contributed by atoms with Crippen molar-refractivity contribution >= 4 is 35.1 Å². The van der Waals surface area contributed by atoms with Crippen LogP contribution in [0.2, 0.25) is 0 Å². The van der Waals surface area contributed by atoms with Gasteiger partial charge in [-0.2, -0.15) is 0 Å². The van der Waals surface area contributed by atoms with E-state index in [1.165, 1.54) is 66.0 Å². The van der Waals surface area contributed by atoms with E-state index in [0.29, 0.717) is 0 Å². The Morgan fingerprint density at radius 1 is 1.04 bits per heavy atom. The lowest BCUT2D eigenvalue weighted by Gasteiger charge is -2.26. The van der Waals surface area contributed by atoms with Gasteiger partial charge in [0.05, 0.1) is 10.5 Å². The fourth-order valence-corrected chi connectivity index (χ4v) is 4.39. The largest absolute Gasteiger partial charge is 0.303 e. The molecule has 1 aliphatic heterocycles. The number of thioether (sulfide) groups is 1. The van der Waals surface area contributed by atoms with Gasteiger partial charge in [0.1, 0.15) is 0 Å². The topological polar surface area (TPSA) is 16.1 Å². The zero-order valence-electron chi connectivity index (χ0n) is 15.1. The van der Waals surface area contributed by atoms with Crippen LogP contribution in [-0.4, -0.2) is 35.3 Å². The Labute approximate surface area is 156 Å². The number of benzene rings is 1. The van der Waals surface area contributed by atoms with Gasteiger partial charge in [-0.25, -0.2) is 4.98 Å². The summed E-state index contributed by atoms with van der Waals surface area (Å²) in [5, 5.41) is 2.52. The first-order valence-corrected chi connectivity index (χ1v) is 9.92. The number of pyridine rings is 1. The van der Waals surface area contributed by atoms with Crippen LogP contribution in [0, 0.1) is 13.8 Å². The molecule has 3 rings (SSSR count). The van der Waals surface area contributed by atoms with Gasteiger partial charge in [-0.3, -0.25) is 0 Å². The summed E-state index contributed by atoms with van der Waals surface area (Å²) < 4.78 is 0. The van der Waals surface area contributed by atoms with Crippen LogP contribution in [0.15, 0.2) is 23.2 Å². The summed E-state index contributed by atoms with van der Waals surface area (Å²) in [5.74, 6) is 1.15. The van der Waals surface area contributed by atoms with E-state index in [1.54, 1.807) is 0 Å². The number of hydrogen-bond donors (Lipinski definition) is 0. The molecular formula is C20H29ClN2S. The first kappa shape index (κ1) is 19.6. The summed E-state index contributed by atoms with van der Waals surface area (Å²) in [6.07, 6.45) is 5.21. The van der Waals surface area contributed by atoms with Gasteiger partial charge in [0, 0.05) is 17.7 Å². The molecule has 1 aliphatic rings. The highest BCUT2D eigenvalue weighted by molar-refractivity contribution is 7.99. The number of halogens is 1. The maximum absolute atomic E-state index is 4.98. The number of nitrogens with zero attached hydrogens (tertiary/aromatic N) is 2. The fourth-order valence-electron chi connectivity index (χ4n) is 3.30. The van der Waals surface area contributed by atoms with Gasteiger partial charge in [0.15, 0.2) is 0 Å². The van der Waals surface area contributed by atoms with Crippen molar-refractivity contribution in [3.63, 3.8) is 0 Å². The highest BCUT2D eigenvalue weighted by Crippen LogP contribution is 2.27. The van der Waals surface area contributed by atoms with Crippen LogP contribution in [0.3, 0.4) is 0 Å². The predicted octanol–water partition coefficient (Wildman–Crippen LogP) is 5.41. The SMILES string of the molecule is CCc1cc2cc(C)c(C)cc2nc1SCCN1CCCCC1.Cl. The maximum atomic E-state index is 4.98. The number of rotatable bonds is 5. The quantitative estimate of drug-likeness (QED) is 0.659. The third kappa shape index (κ3) is 4.65. The smallest absolute Gasteiger partial charge is 0.0999 e. The Balaban J connectivity index is 0.00000208. The molecule has 2 aromatic rings. The van der Waals surface area contributed by atoms with Crippen molar-refractivity contribution in [3.05, 3.63) is 34.9 Å². The molecule has 2 heterocycles. The number of fused-ring (bicyclic) bond motifs is 1. The third-order valence-electron chi connectivity index (χ3n) is 4.95. The van der Waals surface area contributed by atoms with Crippen LogP contribution in [0.5, 0.6) is 0 Å². The highest BCUT2D eigenvalue weighted by atomic mass is 35.5. The summed E-state index contributed by atoms with van der Waals surface area (Å²) in [6, 6.07) is 6.86. The summed E-state index contributed by atoms with van der Waals surface area (Å²) >= 11 is 1.94. The van der Waals surface area contributed by atoms with Gasteiger partial charge in [-0.1, -0.05) is 13.3 Å². The summed E-state index contributed by atoms with van der Waals surface area (Å²) in [4.78, 5) is 7.58. The Morgan fingerprint density at radius 2 is 1.75 bits per heavy atom. The molecule has 0 unspecified atom stereocenters. The number of aryl methyl sites for hydroxylation is 3. The average molecular weight is 365 g/mol. The first-order valence-electron chi connectivity index (χ1n) is 8.93. The fraction of sp³-hybridized carbons (Fsp3) is 0.550. The van der Waals surface area contributed by atoms with Crippen molar-refractivity contribution in [2.45, 2.75) is 51.5 Å². The number of aromatic nitrogens is 1. The second-order valence-corrected chi connectivity index (χ2v) is 7.77. The normalized spacial score (nSPS) is 15.5. The predicted molar refractivity (Wildman–Crippen MR) is 109 cm³/mol. The standard InChI is InChI=1S/C20H28N2S.ClH/c1-4-17-14-18-12-15(2)16(3)13-19(18)21-20(17)23-11-10-22-8-6-5-7-9-22;/h12-14H,4-11H2,1-3H3;1H. The molecule has 1 saturated heterocycles. The van der Waals surface area contributed by atoms with Gasteiger partial charge < -0.3 is 4.90 Å². The molecule has 132 valence electrons. The number of piperidine rings is 1. The van der Waals surface area contributed by atoms with Gasteiger partial charge in [-0.05, 0) is 81.1 Å². The van der Waals surface area contributed by atoms with Crippen molar-refractivity contribution in [3.8, 4) is 0 Å². The summed E-state index contributed by atoms with van der Waals surface area (Å²) in [7, 11) is 0. The van der Waals surface area contributed by atoms with E-state index in [4.69, 9.17) is 4.98 Å². The van der Waals surface area contributed by atoms with Crippen molar-refractivity contribution in [2.75, 3.05) is 25.4 Å². The lowest BCUT2D eigenvalue weighted by molar-refractivity contribution is 0.242. The molecule has 0 amide bonds. The molecule has 0 saturated carbocycles. The summed E-state index contributed by atoms with van der Waals surface area (Å²) in [6.45, 7) is 10.4. The molecule has 0 spiro atoms. The zero-order chi connectivity index (χ0) is 16.2. The lowest BCUT2D eigenvalue weighted by atomic mass is 10.0.